The van der Waals surface area contributed by atoms with E-state index in [9.17, 15) is 14.7 Å². The maximum Gasteiger partial charge on any atom is 0.255 e. The van der Waals surface area contributed by atoms with Gasteiger partial charge in [0.15, 0.2) is 0 Å². The molecular weight excluding hydrogens is 464 g/mol. The summed E-state index contributed by atoms with van der Waals surface area (Å²) in [5.74, 6) is -0.443. The summed E-state index contributed by atoms with van der Waals surface area (Å²) in [6, 6.07) is 12.1. The van der Waals surface area contributed by atoms with Gasteiger partial charge < -0.3 is 15.3 Å². The molecule has 0 radical (unpaired) electrons. The van der Waals surface area contributed by atoms with Gasteiger partial charge in [-0.05, 0) is 73.9 Å². The maximum atomic E-state index is 13.4. The minimum atomic E-state index is -0.717. The minimum Gasteiger partial charge on any atom is -0.510 e. The van der Waals surface area contributed by atoms with E-state index in [-0.39, 0.29) is 29.0 Å². The molecule has 7 heteroatoms. The zero-order chi connectivity index (χ0) is 26.5. The van der Waals surface area contributed by atoms with Gasteiger partial charge in [0.05, 0.1) is 5.69 Å². The number of fused-ring (bicyclic) bond motifs is 2. The lowest BCUT2D eigenvalue weighted by Crippen LogP contribution is -2.31. The summed E-state index contributed by atoms with van der Waals surface area (Å²) in [5, 5.41) is 21.3. The number of nitrogens with one attached hydrogen (secondary N) is 2. The van der Waals surface area contributed by atoms with Crippen LogP contribution in [0.1, 0.15) is 83.3 Å². The number of amides is 2. The fourth-order valence-electron chi connectivity index (χ4n) is 5.50. The molecule has 5 rings (SSSR count). The highest BCUT2D eigenvalue weighted by atomic mass is 16.3. The number of hydrogen-bond acceptors (Lipinski definition) is 4. The first-order valence-corrected chi connectivity index (χ1v) is 12.8. The van der Waals surface area contributed by atoms with Crippen LogP contribution in [0.4, 0.5) is 0 Å². The van der Waals surface area contributed by atoms with Crippen molar-refractivity contribution in [3.05, 3.63) is 88.3 Å². The number of H-pyrrole nitrogens is 1. The number of nitrogens with zero attached hydrogens (tertiary/aromatic N) is 2. The van der Waals surface area contributed by atoms with Gasteiger partial charge in [0.2, 0.25) is 0 Å². The molecule has 0 spiro atoms. The van der Waals surface area contributed by atoms with Crippen molar-refractivity contribution in [3.63, 3.8) is 0 Å². The molecule has 1 aliphatic carbocycles. The molecule has 1 aliphatic heterocycles. The lowest BCUT2D eigenvalue weighted by molar-refractivity contribution is 0.0691. The van der Waals surface area contributed by atoms with Gasteiger partial charge in [-0.2, -0.15) is 5.10 Å². The average Bonchev–Trinajstić information content (AvgIpc) is 3.38. The van der Waals surface area contributed by atoms with Crippen molar-refractivity contribution < 1.29 is 14.7 Å². The van der Waals surface area contributed by atoms with Gasteiger partial charge >= 0.3 is 0 Å². The molecule has 192 valence electrons. The first-order chi connectivity index (χ1) is 17.5. The monoisotopic (exact) mass is 498 g/mol. The number of aromatic nitrogens is 2. The molecule has 0 saturated carbocycles. The highest BCUT2D eigenvalue weighted by Crippen LogP contribution is 2.40. The Morgan fingerprint density at radius 3 is 2.59 bits per heavy atom. The van der Waals surface area contributed by atoms with Gasteiger partial charge in [-0.25, -0.2) is 0 Å². The Labute approximate surface area is 217 Å². The van der Waals surface area contributed by atoms with E-state index in [0.717, 1.165) is 36.1 Å². The van der Waals surface area contributed by atoms with Crippen LogP contribution in [-0.4, -0.2) is 38.1 Å². The molecule has 2 aliphatic rings. The van der Waals surface area contributed by atoms with Crippen molar-refractivity contribution >= 4 is 11.8 Å². The van der Waals surface area contributed by atoms with Gasteiger partial charge in [0.1, 0.15) is 11.8 Å². The summed E-state index contributed by atoms with van der Waals surface area (Å²) in [5.41, 5.74) is 7.41. The highest BCUT2D eigenvalue weighted by molar-refractivity contribution is 5.99. The Bertz CT molecular complexity index is 1380. The SMILES string of the molecule is C=C(O)[C@H](c1ccc(C(=O)NC(C)C)cc1)N1Cc2cc(-c3n[nH]c4c3CCC(C)(C)C4)ccc2C1=O. The number of benzene rings is 2. The second kappa shape index (κ2) is 9.21. The van der Waals surface area contributed by atoms with Crippen LogP contribution in [0.5, 0.6) is 0 Å². The van der Waals surface area contributed by atoms with Crippen LogP contribution in [0.2, 0.25) is 0 Å². The third-order valence-corrected chi connectivity index (χ3v) is 7.41. The largest absolute Gasteiger partial charge is 0.510 e. The van der Waals surface area contributed by atoms with Crippen LogP contribution in [-0.2, 0) is 19.4 Å². The molecule has 0 saturated heterocycles. The summed E-state index contributed by atoms with van der Waals surface area (Å²) in [6.45, 7) is 12.5. The highest BCUT2D eigenvalue weighted by Gasteiger charge is 2.36. The van der Waals surface area contributed by atoms with E-state index in [1.165, 1.54) is 11.3 Å². The fraction of sp³-hybridized carbons (Fsp3) is 0.367. The lowest BCUT2D eigenvalue weighted by Gasteiger charge is -2.29. The van der Waals surface area contributed by atoms with Crippen LogP contribution in [0.25, 0.3) is 11.3 Å². The molecule has 3 N–H and O–H groups in total. The standard InChI is InChI=1S/C30H34N4O3/c1-17(2)31-28(36)20-8-6-19(7-9-20)27(18(3)35)34-16-22-14-21(10-11-23(22)29(34)37)26-24-12-13-30(4,5)15-25(24)32-33-26/h6-11,14,17,27,35H,3,12-13,15-16H2,1-2,4-5H3,(H,31,36)(H,32,33)/t27-/m1/s1. The molecule has 7 nitrogen and oxygen atoms in total. The van der Waals surface area contributed by atoms with Gasteiger partial charge in [0.25, 0.3) is 11.8 Å². The number of rotatable bonds is 6. The summed E-state index contributed by atoms with van der Waals surface area (Å²) >= 11 is 0. The molecule has 0 bridgehead atoms. The van der Waals surface area contributed by atoms with Crippen LogP contribution < -0.4 is 5.32 Å². The fourth-order valence-corrected chi connectivity index (χ4v) is 5.50. The van der Waals surface area contributed by atoms with Gasteiger partial charge in [0, 0.05) is 40.5 Å². The minimum absolute atomic E-state index is 0.0292. The van der Waals surface area contributed by atoms with E-state index in [1.54, 1.807) is 29.2 Å². The Kier molecular flexibility index (Phi) is 6.18. The van der Waals surface area contributed by atoms with E-state index >= 15 is 0 Å². The third kappa shape index (κ3) is 4.66. The predicted octanol–water partition coefficient (Wildman–Crippen LogP) is 5.50. The molecule has 0 fully saturated rings. The third-order valence-electron chi connectivity index (χ3n) is 7.41. The average molecular weight is 499 g/mol. The Morgan fingerprint density at radius 2 is 1.92 bits per heavy atom. The van der Waals surface area contributed by atoms with E-state index in [1.807, 2.05) is 32.0 Å². The molecule has 1 atom stereocenters. The topological polar surface area (TPSA) is 98.3 Å². The predicted molar refractivity (Wildman–Crippen MR) is 143 cm³/mol. The van der Waals surface area contributed by atoms with E-state index in [2.05, 4.69) is 35.9 Å². The number of carbonyl (C=O) groups is 2. The van der Waals surface area contributed by atoms with Crippen molar-refractivity contribution in [2.24, 2.45) is 5.41 Å². The van der Waals surface area contributed by atoms with E-state index < -0.39 is 6.04 Å². The van der Waals surface area contributed by atoms with Crippen LogP contribution >= 0.6 is 0 Å². The molecule has 1 aromatic heterocycles. The quantitative estimate of drug-likeness (QED) is 0.391. The number of aliphatic hydroxyl groups is 1. The molecule has 2 aromatic carbocycles. The Morgan fingerprint density at radius 1 is 1.19 bits per heavy atom. The number of hydrogen-bond donors (Lipinski definition) is 3. The molecule has 2 heterocycles. The molecule has 3 aromatic rings. The summed E-state index contributed by atoms with van der Waals surface area (Å²) < 4.78 is 0. The maximum absolute atomic E-state index is 13.4. The second-order valence-electron chi connectivity index (χ2n) is 11.3. The molecular formula is C30H34N4O3. The first-order valence-electron chi connectivity index (χ1n) is 12.8. The van der Waals surface area contributed by atoms with Crippen LogP contribution in [0.3, 0.4) is 0 Å². The van der Waals surface area contributed by atoms with Crippen molar-refractivity contribution in [1.29, 1.82) is 0 Å². The smallest absolute Gasteiger partial charge is 0.255 e. The second-order valence-corrected chi connectivity index (χ2v) is 11.3. The van der Waals surface area contributed by atoms with Crippen molar-refractivity contribution in [2.45, 2.75) is 65.6 Å². The Balaban J connectivity index is 1.41. The number of carbonyl (C=O) groups excluding carboxylic acids is 2. The van der Waals surface area contributed by atoms with E-state index in [0.29, 0.717) is 23.2 Å². The van der Waals surface area contributed by atoms with Gasteiger partial charge in [-0.1, -0.05) is 38.6 Å². The van der Waals surface area contributed by atoms with Crippen LogP contribution in [0.15, 0.2) is 54.8 Å². The zero-order valence-electron chi connectivity index (χ0n) is 21.9. The molecule has 0 unspecified atom stereocenters. The van der Waals surface area contributed by atoms with Crippen molar-refractivity contribution in [3.8, 4) is 11.3 Å². The molecule has 2 amide bonds. The van der Waals surface area contributed by atoms with Gasteiger partial charge in [-0.15, -0.1) is 0 Å². The van der Waals surface area contributed by atoms with E-state index in [4.69, 9.17) is 0 Å². The summed E-state index contributed by atoms with van der Waals surface area (Å²) in [7, 11) is 0. The normalized spacial score (nSPS) is 16.9. The van der Waals surface area contributed by atoms with Gasteiger partial charge in [-0.3, -0.25) is 14.7 Å². The summed E-state index contributed by atoms with van der Waals surface area (Å²) in [4.78, 5) is 27.4. The number of aromatic amines is 1. The van der Waals surface area contributed by atoms with Crippen LogP contribution in [0, 0.1) is 5.41 Å². The summed E-state index contributed by atoms with van der Waals surface area (Å²) in [6.07, 6.45) is 3.07. The lowest BCUT2D eigenvalue weighted by atomic mass is 9.76. The Hall–Kier alpha value is -3.87. The van der Waals surface area contributed by atoms with Crippen molar-refractivity contribution in [2.75, 3.05) is 0 Å². The zero-order valence-corrected chi connectivity index (χ0v) is 21.9. The van der Waals surface area contributed by atoms with Crippen molar-refractivity contribution in [1.82, 2.24) is 20.4 Å². The first kappa shape index (κ1) is 24.8. The molecule has 37 heavy (non-hydrogen) atoms. The number of aliphatic hydroxyl groups excluding tert-OH is 1.